The van der Waals surface area contributed by atoms with Crippen molar-refractivity contribution in [2.75, 3.05) is 0 Å². The van der Waals surface area contributed by atoms with Crippen molar-refractivity contribution in [2.24, 2.45) is 7.05 Å². The van der Waals surface area contributed by atoms with E-state index in [0.717, 1.165) is 22.5 Å². The first-order chi connectivity index (χ1) is 9.60. The molecule has 20 heavy (non-hydrogen) atoms. The Morgan fingerprint density at radius 3 is 2.40 bits per heavy atom. The molecule has 2 rings (SSSR count). The average molecular weight is 263 g/mol. The predicted octanol–water partition coefficient (Wildman–Crippen LogP) is 2.53. The van der Waals surface area contributed by atoms with Crippen molar-refractivity contribution in [1.82, 2.24) is 9.78 Å². The monoisotopic (exact) mass is 263 g/mol. The minimum Gasteiger partial charge on any atom is -0.566 e. The Morgan fingerprint density at radius 1 is 1.30 bits per heavy atom. The SMILES string of the molecule is [B]O/C(=C(/C#N)c1ccccc1)c1c(C)nn(C)c1C. The van der Waals surface area contributed by atoms with Crippen LogP contribution in [0.1, 0.15) is 22.5 Å². The fourth-order valence-corrected chi connectivity index (χ4v) is 2.20. The number of aryl methyl sites for hydroxylation is 2. The lowest BCUT2D eigenvalue weighted by Gasteiger charge is -2.11. The number of hydrogen-bond donors (Lipinski definition) is 0. The molecule has 0 aliphatic heterocycles. The number of nitriles is 1. The minimum absolute atomic E-state index is 0.349. The van der Waals surface area contributed by atoms with Crippen molar-refractivity contribution in [2.45, 2.75) is 13.8 Å². The Hall–Kier alpha value is -2.48. The summed E-state index contributed by atoms with van der Waals surface area (Å²) < 4.78 is 6.76. The molecule has 5 heteroatoms. The lowest BCUT2D eigenvalue weighted by molar-refractivity contribution is 0.573. The summed E-state index contributed by atoms with van der Waals surface area (Å²) in [5.41, 5.74) is 3.58. The first kappa shape index (κ1) is 13.9. The Kier molecular flexibility index (Phi) is 3.95. The van der Waals surface area contributed by atoms with Gasteiger partial charge in [-0.3, -0.25) is 4.68 Å². The van der Waals surface area contributed by atoms with Gasteiger partial charge in [0.2, 0.25) is 0 Å². The van der Waals surface area contributed by atoms with E-state index in [1.807, 2.05) is 51.2 Å². The lowest BCUT2D eigenvalue weighted by atomic mass is 10.0. The normalized spacial score (nSPS) is 11.7. The van der Waals surface area contributed by atoms with Gasteiger partial charge in [0.15, 0.2) is 0 Å². The highest BCUT2D eigenvalue weighted by molar-refractivity contribution is 6.07. The molecule has 2 aromatic rings. The van der Waals surface area contributed by atoms with E-state index in [0.29, 0.717) is 11.3 Å². The van der Waals surface area contributed by atoms with Crippen LogP contribution in [0.5, 0.6) is 0 Å². The molecule has 4 nitrogen and oxygen atoms in total. The molecule has 0 saturated heterocycles. The van der Waals surface area contributed by atoms with Gasteiger partial charge in [-0.05, 0) is 19.4 Å². The molecule has 0 fully saturated rings. The van der Waals surface area contributed by atoms with Crippen molar-refractivity contribution in [3.63, 3.8) is 0 Å². The van der Waals surface area contributed by atoms with E-state index in [1.54, 1.807) is 4.68 Å². The van der Waals surface area contributed by atoms with Crippen LogP contribution in [-0.4, -0.2) is 17.8 Å². The van der Waals surface area contributed by atoms with Gasteiger partial charge in [0, 0.05) is 12.7 Å². The molecule has 1 aromatic heterocycles. The Balaban J connectivity index is 2.72. The maximum absolute atomic E-state index is 9.46. The molecule has 0 bridgehead atoms. The van der Waals surface area contributed by atoms with E-state index < -0.39 is 0 Å². The smallest absolute Gasteiger partial charge is 0.374 e. The standard InChI is InChI=1S/C15H14BN3O/c1-10-14(11(2)19(3)18-10)15(20-16)13(9-17)12-7-5-4-6-8-12/h4-8H,1-3H3/b15-13-. The molecule has 0 unspecified atom stereocenters. The third kappa shape index (κ3) is 2.33. The molecular formula is C15H14BN3O. The summed E-state index contributed by atoms with van der Waals surface area (Å²) >= 11 is 0. The minimum atomic E-state index is 0.349. The first-order valence-electron chi connectivity index (χ1n) is 6.17. The van der Waals surface area contributed by atoms with Crippen LogP contribution in [0.25, 0.3) is 11.3 Å². The van der Waals surface area contributed by atoms with Gasteiger partial charge in [-0.1, -0.05) is 30.3 Å². The molecule has 0 amide bonds. The number of hydrogen-bond acceptors (Lipinski definition) is 3. The van der Waals surface area contributed by atoms with E-state index in [2.05, 4.69) is 11.2 Å². The fraction of sp³-hybridized carbons (Fsp3) is 0.200. The average Bonchev–Trinajstić information content (AvgIpc) is 2.71. The largest absolute Gasteiger partial charge is 0.566 e. The van der Waals surface area contributed by atoms with Crippen molar-refractivity contribution < 1.29 is 4.65 Å². The zero-order chi connectivity index (χ0) is 14.7. The zero-order valence-corrected chi connectivity index (χ0v) is 11.7. The highest BCUT2D eigenvalue weighted by atomic mass is 16.4. The number of nitrogens with zero attached hydrogens (tertiary/aromatic N) is 3. The van der Waals surface area contributed by atoms with E-state index in [4.69, 9.17) is 12.7 Å². The number of aromatic nitrogens is 2. The third-order valence-corrected chi connectivity index (χ3v) is 3.26. The molecule has 2 radical (unpaired) electrons. The Morgan fingerprint density at radius 2 is 1.95 bits per heavy atom. The van der Waals surface area contributed by atoms with Gasteiger partial charge < -0.3 is 4.65 Å². The summed E-state index contributed by atoms with van der Waals surface area (Å²) in [6.45, 7) is 3.77. The van der Waals surface area contributed by atoms with Crippen molar-refractivity contribution in [3.05, 3.63) is 52.8 Å². The summed E-state index contributed by atoms with van der Waals surface area (Å²) in [6.07, 6.45) is 0. The first-order valence-corrected chi connectivity index (χ1v) is 6.17. The van der Waals surface area contributed by atoms with Crippen LogP contribution >= 0.6 is 0 Å². The van der Waals surface area contributed by atoms with E-state index in [1.165, 1.54) is 0 Å². The molecular weight excluding hydrogens is 249 g/mol. The summed E-state index contributed by atoms with van der Waals surface area (Å²) in [5, 5.41) is 13.8. The lowest BCUT2D eigenvalue weighted by Crippen LogP contribution is -1.98. The van der Waals surface area contributed by atoms with Crippen LogP contribution in [0.4, 0.5) is 0 Å². The second-order valence-electron chi connectivity index (χ2n) is 4.47. The maximum Gasteiger partial charge on any atom is 0.374 e. The van der Waals surface area contributed by atoms with Crippen LogP contribution in [0.2, 0.25) is 0 Å². The van der Waals surface area contributed by atoms with Crippen LogP contribution < -0.4 is 0 Å². The maximum atomic E-state index is 9.46. The third-order valence-electron chi connectivity index (χ3n) is 3.26. The quantitative estimate of drug-likeness (QED) is 0.485. The second-order valence-corrected chi connectivity index (χ2v) is 4.47. The summed E-state index contributed by atoms with van der Waals surface area (Å²) in [7, 11) is 7.26. The molecule has 0 spiro atoms. The molecule has 0 N–H and O–H groups in total. The molecule has 98 valence electrons. The van der Waals surface area contributed by atoms with Crippen LogP contribution in [0.3, 0.4) is 0 Å². The van der Waals surface area contributed by atoms with Gasteiger partial charge in [-0.25, -0.2) is 0 Å². The number of rotatable bonds is 3. The summed E-state index contributed by atoms with van der Waals surface area (Å²) in [4.78, 5) is 0. The van der Waals surface area contributed by atoms with Gasteiger partial charge in [-0.2, -0.15) is 10.4 Å². The molecule has 1 aromatic carbocycles. The highest BCUT2D eigenvalue weighted by Gasteiger charge is 2.19. The van der Waals surface area contributed by atoms with Crippen LogP contribution in [-0.2, 0) is 11.7 Å². The van der Waals surface area contributed by atoms with Gasteiger partial charge in [0.1, 0.15) is 17.4 Å². The van der Waals surface area contributed by atoms with Crippen molar-refractivity contribution in [3.8, 4) is 6.07 Å². The zero-order valence-electron chi connectivity index (χ0n) is 11.7. The van der Waals surface area contributed by atoms with E-state index in [9.17, 15) is 5.26 Å². The predicted molar refractivity (Wildman–Crippen MR) is 78.4 cm³/mol. The van der Waals surface area contributed by atoms with E-state index >= 15 is 0 Å². The van der Waals surface area contributed by atoms with Gasteiger partial charge >= 0.3 is 8.05 Å². The topological polar surface area (TPSA) is 50.8 Å². The summed E-state index contributed by atoms with van der Waals surface area (Å²) in [5.74, 6) is 0.349. The number of allylic oxidation sites excluding steroid dienone is 1. The van der Waals surface area contributed by atoms with Crippen LogP contribution in [0, 0.1) is 25.2 Å². The van der Waals surface area contributed by atoms with Crippen molar-refractivity contribution >= 4 is 19.4 Å². The Labute approximate surface area is 119 Å². The number of benzene rings is 1. The Bertz CT molecular complexity index is 696. The summed E-state index contributed by atoms with van der Waals surface area (Å²) in [6, 6.07) is 11.5. The fourth-order valence-electron chi connectivity index (χ4n) is 2.20. The van der Waals surface area contributed by atoms with E-state index in [-0.39, 0.29) is 0 Å². The molecule has 1 heterocycles. The molecule has 0 aliphatic rings. The van der Waals surface area contributed by atoms with Crippen LogP contribution in [0.15, 0.2) is 30.3 Å². The second kappa shape index (κ2) is 5.66. The molecule has 0 saturated carbocycles. The van der Waals surface area contributed by atoms with Gasteiger partial charge in [-0.15, -0.1) is 0 Å². The molecule has 0 atom stereocenters. The highest BCUT2D eigenvalue weighted by Crippen LogP contribution is 2.30. The van der Waals surface area contributed by atoms with Gasteiger partial charge in [0.25, 0.3) is 0 Å². The molecule has 0 aliphatic carbocycles. The van der Waals surface area contributed by atoms with Gasteiger partial charge in [0.05, 0.1) is 11.3 Å². The van der Waals surface area contributed by atoms with Crippen molar-refractivity contribution in [1.29, 1.82) is 5.26 Å².